The van der Waals surface area contributed by atoms with Crippen LogP contribution in [0.1, 0.15) is 18.5 Å². The molecule has 0 spiro atoms. The third kappa shape index (κ3) is 3.54. The molecule has 0 aliphatic carbocycles. The van der Waals surface area contributed by atoms with Gasteiger partial charge in [-0.05, 0) is 31.8 Å². The Balaban J connectivity index is 2.27. The van der Waals surface area contributed by atoms with E-state index < -0.39 is 0 Å². The SMILES string of the molecule is CCNCC1OCCN(C)C1c1cc(Br)ccc1F. The van der Waals surface area contributed by atoms with Gasteiger partial charge in [0.25, 0.3) is 0 Å². The number of hydrogen-bond donors (Lipinski definition) is 1. The second-order valence-electron chi connectivity index (χ2n) is 4.81. The average Bonchev–Trinajstić information content (AvgIpc) is 2.39. The van der Waals surface area contributed by atoms with E-state index in [1.165, 1.54) is 6.07 Å². The molecule has 1 aromatic carbocycles. The van der Waals surface area contributed by atoms with Crippen LogP contribution in [0.25, 0.3) is 0 Å². The van der Waals surface area contributed by atoms with Gasteiger partial charge in [0, 0.05) is 23.1 Å². The summed E-state index contributed by atoms with van der Waals surface area (Å²) in [6.45, 7) is 5.19. The smallest absolute Gasteiger partial charge is 0.128 e. The van der Waals surface area contributed by atoms with Crippen LogP contribution in [-0.2, 0) is 4.74 Å². The van der Waals surface area contributed by atoms with Gasteiger partial charge in [-0.3, -0.25) is 4.90 Å². The van der Waals surface area contributed by atoms with Gasteiger partial charge in [-0.15, -0.1) is 0 Å². The Labute approximate surface area is 122 Å². The zero-order chi connectivity index (χ0) is 13.8. The van der Waals surface area contributed by atoms with E-state index in [0.717, 1.165) is 24.1 Å². The lowest BCUT2D eigenvalue weighted by molar-refractivity contribution is -0.0621. The summed E-state index contributed by atoms with van der Waals surface area (Å²) in [5.74, 6) is -0.174. The lowest BCUT2D eigenvalue weighted by Gasteiger charge is -2.39. The van der Waals surface area contributed by atoms with Gasteiger partial charge < -0.3 is 10.1 Å². The number of ether oxygens (including phenoxy) is 1. The highest BCUT2D eigenvalue weighted by atomic mass is 79.9. The summed E-state index contributed by atoms with van der Waals surface area (Å²) in [6.07, 6.45) is -0.0255. The lowest BCUT2D eigenvalue weighted by Crippen LogP contribution is -2.47. The van der Waals surface area contributed by atoms with Crippen molar-refractivity contribution in [1.82, 2.24) is 10.2 Å². The summed E-state index contributed by atoms with van der Waals surface area (Å²) in [7, 11) is 2.02. The van der Waals surface area contributed by atoms with Gasteiger partial charge in [0.05, 0.1) is 18.8 Å². The Morgan fingerprint density at radius 1 is 1.53 bits per heavy atom. The Kier molecular flexibility index (Phi) is 5.33. The second-order valence-corrected chi connectivity index (χ2v) is 5.72. The number of likely N-dealkylation sites (N-methyl/N-ethyl adjacent to an activating group) is 2. The predicted molar refractivity (Wildman–Crippen MR) is 77.8 cm³/mol. The minimum atomic E-state index is -0.174. The maximum absolute atomic E-state index is 14.1. The lowest BCUT2D eigenvalue weighted by atomic mass is 9.98. The molecule has 1 fully saturated rings. The molecule has 0 bridgehead atoms. The van der Waals surface area contributed by atoms with E-state index >= 15 is 0 Å². The molecule has 2 atom stereocenters. The zero-order valence-corrected chi connectivity index (χ0v) is 12.9. The van der Waals surface area contributed by atoms with E-state index in [1.807, 2.05) is 13.1 Å². The molecule has 0 saturated carbocycles. The van der Waals surface area contributed by atoms with Crippen molar-refractivity contribution in [3.05, 3.63) is 34.1 Å². The molecule has 5 heteroatoms. The predicted octanol–water partition coefficient (Wildman–Crippen LogP) is 2.57. The molecule has 19 heavy (non-hydrogen) atoms. The zero-order valence-electron chi connectivity index (χ0n) is 11.3. The van der Waals surface area contributed by atoms with E-state index in [2.05, 4.69) is 33.1 Å². The maximum Gasteiger partial charge on any atom is 0.128 e. The van der Waals surface area contributed by atoms with Gasteiger partial charge in [0.2, 0.25) is 0 Å². The molecular formula is C14H20BrFN2O. The first kappa shape index (κ1) is 14.9. The number of hydrogen-bond acceptors (Lipinski definition) is 3. The topological polar surface area (TPSA) is 24.5 Å². The van der Waals surface area contributed by atoms with Gasteiger partial charge in [-0.2, -0.15) is 0 Å². The normalized spacial score (nSPS) is 24.6. The fourth-order valence-corrected chi connectivity index (χ4v) is 2.88. The Morgan fingerprint density at radius 2 is 2.32 bits per heavy atom. The van der Waals surface area contributed by atoms with Crippen LogP contribution in [0.15, 0.2) is 22.7 Å². The van der Waals surface area contributed by atoms with Crippen molar-refractivity contribution in [1.29, 1.82) is 0 Å². The van der Waals surface area contributed by atoms with Crippen molar-refractivity contribution in [3.8, 4) is 0 Å². The van der Waals surface area contributed by atoms with Gasteiger partial charge >= 0.3 is 0 Å². The second kappa shape index (κ2) is 6.79. The van der Waals surface area contributed by atoms with E-state index in [0.29, 0.717) is 12.2 Å². The summed E-state index contributed by atoms with van der Waals surface area (Å²) in [5.41, 5.74) is 0.694. The molecule has 1 N–H and O–H groups in total. The molecule has 106 valence electrons. The summed E-state index contributed by atoms with van der Waals surface area (Å²) in [4.78, 5) is 2.16. The first-order valence-corrected chi connectivity index (χ1v) is 7.40. The number of benzene rings is 1. The van der Waals surface area contributed by atoms with Crippen LogP contribution in [0.4, 0.5) is 4.39 Å². The van der Waals surface area contributed by atoms with E-state index in [4.69, 9.17) is 4.74 Å². The van der Waals surface area contributed by atoms with E-state index in [-0.39, 0.29) is 18.0 Å². The van der Waals surface area contributed by atoms with E-state index in [1.54, 1.807) is 6.07 Å². The van der Waals surface area contributed by atoms with E-state index in [9.17, 15) is 4.39 Å². The Bertz CT molecular complexity index is 430. The third-order valence-electron chi connectivity index (χ3n) is 3.48. The van der Waals surface area contributed by atoms with Crippen molar-refractivity contribution < 1.29 is 9.13 Å². The highest BCUT2D eigenvalue weighted by molar-refractivity contribution is 9.10. The minimum Gasteiger partial charge on any atom is -0.374 e. The van der Waals surface area contributed by atoms with Crippen LogP contribution in [0.2, 0.25) is 0 Å². The molecule has 1 aliphatic rings. The first-order valence-electron chi connectivity index (χ1n) is 6.61. The number of rotatable bonds is 4. The van der Waals surface area contributed by atoms with Crippen molar-refractivity contribution in [3.63, 3.8) is 0 Å². The van der Waals surface area contributed by atoms with Crippen molar-refractivity contribution in [2.75, 3.05) is 33.3 Å². The number of nitrogens with one attached hydrogen (secondary N) is 1. The number of morpholine rings is 1. The van der Waals surface area contributed by atoms with Crippen LogP contribution in [-0.4, -0.2) is 44.3 Å². The highest BCUT2D eigenvalue weighted by Crippen LogP contribution is 2.31. The number of halogens is 2. The monoisotopic (exact) mass is 330 g/mol. The molecular weight excluding hydrogens is 311 g/mol. The Morgan fingerprint density at radius 3 is 3.05 bits per heavy atom. The van der Waals surface area contributed by atoms with Crippen molar-refractivity contribution >= 4 is 15.9 Å². The molecule has 2 rings (SSSR count). The van der Waals surface area contributed by atoms with Crippen molar-refractivity contribution in [2.45, 2.75) is 19.1 Å². The van der Waals surface area contributed by atoms with Crippen LogP contribution in [0, 0.1) is 5.82 Å². The number of nitrogens with zero attached hydrogens (tertiary/aromatic N) is 1. The molecule has 1 aromatic rings. The summed E-state index contributed by atoms with van der Waals surface area (Å²) < 4.78 is 20.8. The molecule has 1 aliphatic heterocycles. The molecule has 2 unspecified atom stereocenters. The minimum absolute atomic E-state index is 0.0255. The quantitative estimate of drug-likeness (QED) is 0.918. The fourth-order valence-electron chi connectivity index (χ4n) is 2.50. The van der Waals surface area contributed by atoms with Crippen LogP contribution in [0.5, 0.6) is 0 Å². The first-order chi connectivity index (χ1) is 9.13. The van der Waals surface area contributed by atoms with Crippen LogP contribution in [0.3, 0.4) is 0 Å². The van der Waals surface area contributed by atoms with Crippen LogP contribution < -0.4 is 5.32 Å². The molecule has 1 saturated heterocycles. The summed E-state index contributed by atoms with van der Waals surface area (Å²) >= 11 is 3.41. The Hall–Kier alpha value is -0.490. The molecule has 0 aromatic heterocycles. The maximum atomic E-state index is 14.1. The summed E-state index contributed by atoms with van der Waals surface area (Å²) in [6, 6.07) is 5.03. The van der Waals surface area contributed by atoms with Gasteiger partial charge in [0.1, 0.15) is 5.82 Å². The van der Waals surface area contributed by atoms with Gasteiger partial charge in [-0.1, -0.05) is 22.9 Å². The molecule has 3 nitrogen and oxygen atoms in total. The van der Waals surface area contributed by atoms with Gasteiger partial charge in [-0.25, -0.2) is 4.39 Å². The van der Waals surface area contributed by atoms with Crippen molar-refractivity contribution in [2.24, 2.45) is 0 Å². The summed E-state index contributed by atoms with van der Waals surface area (Å²) in [5, 5.41) is 3.29. The fraction of sp³-hybridized carbons (Fsp3) is 0.571. The third-order valence-corrected chi connectivity index (χ3v) is 3.97. The van der Waals surface area contributed by atoms with Crippen LogP contribution >= 0.6 is 15.9 Å². The molecule has 0 radical (unpaired) electrons. The molecule has 1 heterocycles. The van der Waals surface area contributed by atoms with Gasteiger partial charge in [0.15, 0.2) is 0 Å². The molecule has 0 amide bonds. The highest BCUT2D eigenvalue weighted by Gasteiger charge is 2.33. The average molecular weight is 331 g/mol. The standard InChI is InChI=1S/C14H20BrFN2O/c1-3-17-9-13-14(18(2)6-7-19-13)11-8-10(15)4-5-12(11)16/h4-5,8,13-14,17H,3,6-7,9H2,1-2H3. The largest absolute Gasteiger partial charge is 0.374 e.